The maximum absolute atomic E-state index is 6.24. The molecule has 0 amide bonds. The summed E-state index contributed by atoms with van der Waals surface area (Å²) in [5, 5.41) is 4.72. The van der Waals surface area contributed by atoms with Crippen molar-refractivity contribution in [3.05, 3.63) is 67.6 Å². The fourth-order valence-electron chi connectivity index (χ4n) is 3.42. The fourth-order valence-corrected chi connectivity index (χ4v) is 4.48. The van der Waals surface area contributed by atoms with Gasteiger partial charge in [0.2, 0.25) is 0 Å². The summed E-state index contributed by atoms with van der Waals surface area (Å²) in [5.41, 5.74) is 3.60. The molecule has 0 radical (unpaired) electrons. The van der Waals surface area contributed by atoms with Crippen LogP contribution in [-0.2, 0) is 13.2 Å². The maximum atomic E-state index is 6.24. The standard InChI is InChI=1S/C23H26BrCl2NO2.ClH/c1-28-22-12-17(14-27-10-9-16-5-3-2-4-6-16)11-20(24)23(22)29-15-18-7-8-19(25)13-21(18)26;/h5,7-8,11-13,27H,2-4,6,9-10,14-15H2,1H3;1H. The predicted molar refractivity (Wildman–Crippen MR) is 132 cm³/mol. The van der Waals surface area contributed by atoms with Crippen LogP contribution < -0.4 is 14.8 Å². The first-order valence-corrected chi connectivity index (χ1v) is 11.4. The lowest BCUT2D eigenvalue weighted by molar-refractivity contribution is 0.282. The molecule has 0 aromatic heterocycles. The molecule has 3 nitrogen and oxygen atoms in total. The van der Waals surface area contributed by atoms with Crippen LogP contribution in [-0.4, -0.2) is 13.7 Å². The summed E-state index contributed by atoms with van der Waals surface area (Å²) in [6.45, 7) is 2.10. The van der Waals surface area contributed by atoms with Gasteiger partial charge in [0.15, 0.2) is 11.5 Å². The lowest BCUT2D eigenvalue weighted by Crippen LogP contribution is -2.16. The fraction of sp³-hybridized carbons (Fsp3) is 0.391. The maximum Gasteiger partial charge on any atom is 0.175 e. The largest absolute Gasteiger partial charge is 0.493 e. The van der Waals surface area contributed by atoms with E-state index in [2.05, 4.69) is 33.4 Å². The molecule has 0 heterocycles. The Morgan fingerprint density at radius 2 is 1.97 bits per heavy atom. The molecule has 1 N–H and O–H groups in total. The van der Waals surface area contributed by atoms with Gasteiger partial charge >= 0.3 is 0 Å². The summed E-state index contributed by atoms with van der Waals surface area (Å²) < 4.78 is 12.4. The van der Waals surface area contributed by atoms with E-state index in [0.717, 1.165) is 35.1 Å². The van der Waals surface area contributed by atoms with E-state index in [1.54, 1.807) is 24.8 Å². The predicted octanol–water partition coefficient (Wildman–Crippen LogP) is 7.75. The second kappa shape index (κ2) is 12.8. The van der Waals surface area contributed by atoms with Crippen molar-refractivity contribution in [3.63, 3.8) is 0 Å². The number of rotatable bonds is 9. The number of allylic oxidation sites excluding steroid dienone is 1. The first-order chi connectivity index (χ1) is 14.1. The Morgan fingerprint density at radius 1 is 1.13 bits per heavy atom. The van der Waals surface area contributed by atoms with E-state index in [1.807, 2.05) is 12.1 Å². The van der Waals surface area contributed by atoms with Crippen molar-refractivity contribution in [2.75, 3.05) is 13.7 Å². The quantitative estimate of drug-likeness (QED) is 0.263. The Balaban J connectivity index is 0.00000320. The van der Waals surface area contributed by atoms with E-state index < -0.39 is 0 Å². The normalized spacial score (nSPS) is 13.4. The SMILES string of the molecule is COc1cc(CNCCC2=CCCCC2)cc(Br)c1OCc1ccc(Cl)cc1Cl.Cl. The molecule has 7 heteroatoms. The molecule has 2 aromatic carbocycles. The molecule has 2 aromatic rings. The molecule has 1 aliphatic rings. The van der Waals surface area contributed by atoms with Crippen molar-refractivity contribution in [2.24, 2.45) is 0 Å². The number of hydrogen-bond donors (Lipinski definition) is 1. The van der Waals surface area contributed by atoms with Crippen molar-refractivity contribution in [1.29, 1.82) is 0 Å². The van der Waals surface area contributed by atoms with E-state index in [-0.39, 0.29) is 12.4 Å². The molecule has 1 aliphatic carbocycles. The minimum atomic E-state index is 0. The second-order valence-corrected chi connectivity index (χ2v) is 8.87. The van der Waals surface area contributed by atoms with Crippen molar-refractivity contribution in [2.45, 2.75) is 45.3 Å². The minimum Gasteiger partial charge on any atom is -0.493 e. The Hall–Kier alpha value is -0.910. The third-order valence-electron chi connectivity index (χ3n) is 5.01. The van der Waals surface area contributed by atoms with E-state index in [4.69, 9.17) is 32.7 Å². The van der Waals surface area contributed by atoms with E-state index >= 15 is 0 Å². The molecule has 0 fully saturated rings. The molecule has 164 valence electrons. The summed E-state index contributed by atoms with van der Waals surface area (Å²) in [5.74, 6) is 1.35. The topological polar surface area (TPSA) is 30.5 Å². The zero-order valence-electron chi connectivity index (χ0n) is 17.0. The Labute approximate surface area is 203 Å². The highest BCUT2D eigenvalue weighted by Crippen LogP contribution is 2.37. The highest BCUT2D eigenvalue weighted by molar-refractivity contribution is 9.10. The Bertz CT molecular complexity index is 874. The molecule has 0 spiro atoms. The smallest absolute Gasteiger partial charge is 0.175 e. The Kier molecular flexibility index (Phi) is 10.8. The van der Waals surface area contributed by atoms with Crippen molar-refractivity contribution in [3.8, 4) is 11.5 Å². The van der Waals surface area contributed by atoms with Crippen LogP contribution in [0.3, 0.4) is 0 Å². The van der Waals surface area contributed by atoms with Gasteiger partial charge in [0.1, 0.15) is 6.61 Å². The third-order valence-corrected chi connectivity index (χ3v) is 6.19. The van der Waals surface area contributed by atoms with Crippen LogP contribution in [0.25, 0.3) is 0 Å². The second-order valence-electron chi connectivity index (χ2n) is 7.17. The summed E-state index contributed by atoms with van der Waals surface area (Å²) in [6.07, 6.45) is 8.69. The summed E-state index contributed by atoms with van der Waals surface area (Å²) in [6, 6.07) is 9.46. The van der Waals surface area contributed by atoms with E-state index in [9.17, 15) is 0 Å². The lowest BCUT2D eigenvalue weighted by Gasteiger charge is -2.16. The average Bonchev–Trinajstić information content (AvgIpc) is 2.72. The zero-order chi connectivity index (χ0) is 20.6. The number of halogens is 4. The van der Waals surface area contributed by atoms with Gasteiger partial charge in [-0.3, -0.25) is 0 Å². The molecule has 0 atom stereocenters. The monoisotopic (exact) mass is 533 g/mol. The van der Waals surface area contributed by atoms with Crippen LogP contribution in [0.1, 0.15) is 43.2 Å². The van der Waals surface area contributed by atoms with Gasteiger partial charge < -0.3 is 14.8 Å². The van der Waals surface area contributed by atoms with Gasteiger partial charge in [0.05, 0.1) is 11.6 Å². The molecule has 0 saturated heterocycles. The van der Waals surface area contributed by atoms with Gasteiger partial charge in [-0.2, -0.15) is 0 Å². The molecule has 0 saturated carbocycles. The average molecular weight is 536 g/mol. The molecule has 0 unspecified atom stereocenters. The van der Waals surface area contributed by atoms with Crippen LogP contribution >= 0.6 is 51.5 Å². The van der Waals surface area contributed by atoms with Crippen LogP contribution in [0, 0.1) is 0 Å². The highest BCUT2D eigenvalue weighted by atomic mass is 79.9. The number of methoxy groups -OCH3 is 1. The van der Waals surface area contributed by atoms with Crippen molar-refractivity contribution < 1.29 is 9.47 Å². The Morgan fingerprint density at radius 3 is 2.67 bits per heavy atom. The number of nitrogens with one attached hydrogen (secondary N) is 1. The number of hydrogen-bond acceptors (Lipinski definition) is 3. The molecule has 30 heavy (non-hydrogen) atoms. The van der Waals surface area contributed by atoms with Crippen LogP contribution in [0.4, 0.5) is 0 Å². The van der Waals surface area contributed by atoms with Gasteiger partial charge in [0.25, 0.3) is 0 Å². The molecular weight excluding hydrogens is 509 g/mol. The summed E-state index contributed by atoms with van der Waals surface area (Å²) in [4.78, 5) is 0. The molecule has 0 bridgehead atoms. The van der Waals surface area contributed by atoms with Crippen LogP contribution in [0.15, 0.2) is 46.5 Å². The molecular formula is C23H27BrCl3NO2. The van der Waals surface area contributed by atoms with Gasteiger partial charge in [-0.15, -0.1) is 12.4 Å². The molecule has 0 aliphatic heterocycles. The van der Waals surface area contributed by atoms with Crippen LogP contribution in [0.2, 0.25) is 10.0 Å². The zero-order valence-corrected chi connectivity index (χ0v) is 20.9. The summed E-state index contributed by atoms with van der Waals surface area (Å²) >= 11 is 15.8. The van der Waals surface area contributed by atoms with E-state index in [0.29, 0.717) is 28.2 Å². The van der Waals surface area contributed by atoms with Gasteiger partial charge in [-0.25, -0.2) is 0 Å². The van der Waals surface area contributed by atoms with Crippen molar-refractivity contribution in [1.82, 2.24) is 5.32 Å². The van der Waals surface area contributed by atoms with Gasteiger partial charge in [-0.1, -0.05) is 40.9 Å². The van der Waals surface area contributed by atoms with E-state index in [1.165, 1.54) is 25.7 Å². The first-order valence-electron chi connectivity index (χ1n) is 9.88. The minimum absolute atomic E-state index is 0. The van der Waals surface area contributed by atoms with Gasteiger partial charge in [0, 0.05) is 22.2 Å². The number of ether oxygens (including phenoxy) is 2. The number of benzene rings is 2. The molecule has 3 rings (SSSR count). The van der Waals surface area contributed by atoms with Crippen LogP contribution in [0.5, 0.6) is 11.5 Å². The lowest BCUT2D eigenvalue weighted by atomic mass is 9.97. The van der Waals surface area contributed by atoms with Gasteiger partial charge in [-0.05, 0) is 84.4 Å². The van der Waals surface area contributed by atoms with Crippen molar-refractivity contribution >= 4 is 51.5 Å². The third kappa shape index (κ3) is 7.35. The summed E-state index contributed by atoms with van der Waals surface area (Å²) in [7, 11) is 1.65. The highest BCUT2D eigenvalue weighted by Gasteiger charge is 2.13. The first kappa shape index (κ1) is 25.4.